The molecule has 3 aromatic rings. The molecule has 2 heterocycles. The Morgan fingerprint density at radius 3 is 2.56 bits per heavy atom. The fourth-order valence-electron chi connectivity index (χ4n) is 4.58. The molecule has 168 valence electrons. The molecule has 1 saturated carbocycles. The molecule has 4 rings (SSSR count). The number of nitrogens with one attached hydrogen (secondary N) is 3. The van der Waals surface area contributed by atoms with Crippen molar-refractivity contribution in [1.82, 2.24) is 20.5 Å². The van der Waals surface area contributed by atoms with Crippen molar-refractivity contribution in [2.24, 2.45) is 5.92 Å². The van der Waals surface area contributed by atoms with Gasteiger partial charge in [-0.25, -0.2) is 0 Å². The summed E-state index contributed by atoms with van der Waals surface area (Å²) in [5.74, 6) is 0.590. The first-order valence-electron chi connectivity index (χ1n) is 11.4. The number of aromatic nitrogens is 3. The maximum Gasteiger partial charge on any atom is 0.255 e. The van der Waals surface area contributed by atoms with E-state index >= 15 is 0 Å². The molecule has 0 atom stereocenters. The number of hydrogen-bond donors (Lipinski definition) is 3. The van der Waals surface area contributed by atoms with E-state index in [1.165, 1.54) is 0 Å². The van der Waals surface area contributed by atoms with E-state index in [1.807, 2.05) is 18.3 Å². The zero-order valence-electron chi connectivity index (χ0n) is 18.9. The van der Waals surface area contributed by atoms with Crippen LogP contribution in [-0.4, -0.2) is 39.0 Å². The first-order valence-corrected chi connectivity index (χ1v) is 11.4. The maximum absolute atomic E-state index is 13.3. The summed E-state index contributed by atoms with van der Waals surface area (Å²) in [5.41, 5.74) is 4.20. The van der Waals surface area contributed by atoms with E-state index in [4.69, 9.17) is 0 Å². The number of benzene rings is 1. The number of nitrogens with zero attached hydrogens (tertiary/aromatic N) is 2. The van der Waals surface area contributed by atoms with Crippen LogP contribution in [0.3, 0.4) is 0 Å². The van der Waals surface area contributed by atoms with Crippen LogP contribution in [0.2, 0.25) is 0 Å². The third kappa shape index (κ3) is 4.98. The molecule has 0 saturated heterocycles. The van der Waals surface area contributed by atoms with Crippen LogP contribution in [0.25, 0.3) is 22.0 Å². The van der Waals surface area contributed by atoms with Crippen LogP contribution < -0.4 is 10.6 Å². The number of pyridine rings is 1. The van der Waals surface area contributed by atoms with Gasteiger partial charge in [0, 0.05) is 41.8 Å². The average Bonchev–Trinajstić information content (AvgIpc) is 3.29. The molecule has 2 aromatic heterocycles. The Bertz CT molecular complexity index is 1100. The summed E-state index contributed by atoms with van der Waals surface area (Å²) in [6, 6.07) is 6.33. The third-order valence-electron chi connectivity index (χ3n) is 6.14. The van der Waals surface area contributed by atoms with Crippen LogP contribution in [0.4, 0.5) is 5.69 Å². The number of amides is 1. The molecule has 0 unspecified atom stereocenters. The molecule has 7 heteroatoms. The minimum Gasteiger partial charge on any atom is -0.382 e. The molecule has 32 heavy (non-hydrogen) atoms. The highest BCUT2D eigenvalue weighted by Crippen LogP contribution is 2.32. The van der Waals surface area contributed by atoms with E-state index in [2.05, 4.69) is 45.7 Å². The highest BCUT2D eigenvalue weighted by molar-refractivity contribution is 6.08. The summed E-state index contributed by atoms with van der Waals surface area (Å²) in [4.78, 5) is 29.2. The van der Waals surface area contributed by atoms with Crippen molar-refractivity contribution in [2.75, 3.05) is 5.32 Å². The van der Waals surface area contributed by atoms with Gasteiger partial charge in [0.1, 0.15) is 5.78 Å². The zero-order chi connectivity index (χ0) is 22.7. The van der Waals surface area contributed by atoms with Crippen molar-refractivity contribution in [1.29, 1.82) is 0 Å². The van der Waals surface area contributed by atoms with E-state index in [0.29, 0.717) is 17.9 Å². The van der Waals surface area contributed by atoms with Crippen molar-refractivity contribution >= 4 is 28.3 Å². The van der Waals surface area contributed by atoms with E-state index in [9.17, 15) is 9.59 Å². The van der Waals surface area contributed by atoms with Crippen molar-refractivity contribution in [3.8, 4) is 11.1 Å². The minimum absolute atomic E-state index is 0.105. The number of H-pyrrole nitrogens is 1. The molecule has 1 fully saturated rings. The first-order chi connectivity index (χ1) is 15.4. The lowest BCUT2D eigenvalue weighted by molar-refractivity contribution is -0.118. The Hall–Kier alpha value is -3.22. The zero-order valence-corrected chi connectivity index (χ0v) is 18.9. The summed E-state index contributed by atoms with van der Waals surface area (Å²) < 4.78 is 0. The number of anilines is 1. The van der Waals surface area contributed by atoms with Gasteiger partial charge in [0.15, 0.2) is 0 Å². The average molecular weight is 434 g/mol. The Labute approximate surface area is 188 Å². The topological polar surface area (TPSA) is 99.8 Å². The number of hydrogen-bond acceptors (Lipinski definition) is 5. The molecule has 1 aliphatic carbocycles. The number of carbonyl (C=O) groups excluding carboxylic acids is 2. The number of fused-ring (bicyclic) bond motifs is 1. The van der Waals surface area contributed by atoms with Gasteiger partial charge in [-0.05, 0) is 70.1 Å². The van der Waals surface area contributed by atoms with Crippen LogP contribution in [0.1, 0.15) is 63.2 Å². The largest absolute Gasteiger partial charge is 0.382 e. The van der Waals surface area contributed by atoms with Gasteiger partial charge in [-0.1, -0.05) is 6.07 Å². The van der Waals surface area contributed by atoms with E-state index in [0.717, 1.165) is 53.4 Å². The van der Waals surface area contributed by atoms with Crippen molar-refractivity contribution in [3.05, 3.63) is 42.4 Å². The Morgan fingerprint density at radius 1 is 1.12 bits per heavy atom. The van der Waals surface area contributed by atoms with Crippen molar-refractivity contribution < 1.29 is 9.59 Å². The maximum atomic E-state index is 13.3. The molecule has 0 spiro atoms. The fourth-order valence-corrected chi connectivity index (χ4v) is 4.58. The monoisotopic (exact) mass is 433 g/mol. The molecule has 1 amide bonds. The summed E-state index contributed by atoms with van der Waals surface area (Å²) in [6.07, 6.45) is 9.71. The van der Waals surface area contributed by atoms with Gasteiger partial charge in [-0.15, -0.1) is 0 Å². The lowest BCUT2D eigenvalue weighted by atomic mass is 9.83. The standard InChI is InChI=1S/C25H31N5O2/c1-15(2)29-24-21-11-18(19-12-27-28-13-19)6-9-23(21)26-14-22(24)25(32)30-20-7-4-17(5-8-20)10-16(3)31/h6,9,11-15,17,20H,4-5,7-8,10H2,1-3H3,(H,26,29)(H,27,28)(H,30,32). The lowest BCUT2D eigenvalue weighted by Gasteiger charge is -2.29. The highest BCUT2D eigenvalue weighted by atomic mass is 16.1. The molecule has 0 bridgehead atoms. The van der Waals surface area contributed by atoms with Gasteiger partial charge in [0.25, 0.3) is 5.91 Å². The van der Waals surface area contributed by atoms with Gasteiger partial charge in [-0.2, -0.15) is 5.10 Å². The number of aromatic amines is 1. The minimum atomic E-state index is -0.105. The predicted octanol–water partition coefficient (Wildman–Crippen LogP) is 4.71. The van der Waals surface area contributed by atoms with Crippen LogP contribution in [0.15, 0.2) is 36.8 Å². The van der Waals surface area contributed by atoms with Gasteiger partial charge >= 0.3 is 0 Å². The third-order valence-corrected chi connectivity index (χ3v) is 6.14. The van der Waals surface area contributed by atoms with Crippen LogP contribution >= 0.6 is 0 Å². The van der Waals surface area contributed by atoms with Crippen LogP contribution in [0.5, 0.6) is 0 Å². The van der Waals surface area contributed by atoms with E-state index < -0.39 is 0 Å². The summed E-state index contributed by atoms with van der Waals surface area (Å²) >= 11 is 0. The first kappa shape index (κ1) is 22.0. The second-order valence-electron chi connectivity index (χ2n) is 9.16. The van der Waals surface area contributed by atoms with Crippen molar-refractivity contribution in [2.45, 2.75) is 65.0 Å². The Morgan fingerprint density at radius 2 is 1.91 bits per heavy atom. The smallest absolute Gasteiger partial charge is 0.255 e. The SMILES string of the molecule is CC(=O)CC1CCC(NC(=O)c2cnc3ccc(-c4cn[nH]c4)cc3c2NC(C)C)CC1. The molecule has 3 N–H and O–H groups in total. The second-order valence-corrected chi connectivity index (χ2v) is 9.16. The van der Waals surface area contributed by atoms with Gasteiger partial charge in [-0.3, -0.25) is 14.9 Å². The quantitative estimate of drug-likeness (QED) is 0.501. The molecule has 0 aliphatic heterocycles. The fraction of sp³-hybridized carbons (Fsp3) is 0.440. The van der Waals surface area contributed by atoms with E-state index in [1.54, 1.807) is 19.3 Å². The summed E-state index contributed by atoms with van der Waals surface area (Å²) in [5, 5.41) is 14.5. The Kier molecular flexibility index (Phi) is 6.53. The molecular formula is C25H31N5O2. The van der Waals surface area contributed by atoms with Crippen molar-refractivity contribution in [3.63, 3.8) is 0 Å². The molecular weight excluding hydrogens is 402 g/mol. The predicted molar refractivity (Wildman–Crippen MR) is 127 cm³/mol. The lowest BCUT2D eigenvalue weighted by Crippen LogP contribution is -2.38. The van der Waals surface area contributed by atoms with Crippen LogP contribution in [0, 0.1) is 5.92 Å². The van der Waals surface area contributed by atoms with Gasteiger partial charge in [0.2, 0.25) is 0 Å². The Balaban J connectivity index is 1.59. The molecule has 1 aliphatic rings. The number of ketones is 1. The van der Waals surface area contributed by atoms with Gasteiger partial charge in [0.05, 0.1) is 23.0 Å². The normalized spacial score (nSPS) is 18.6. The van der Waals surface area contributed by atoms with Gasteiger partial charge < -0.3 is 15.4 Å². The van der Waals surface area contributed by atoms with Crippen LogP contribution in [-0.2, 0) is 4.79 Å². The molecule has 7 nitrogen and oxygen atoms in total. The number of Topliss-reactive ketones (excluding diaryl/α,β-unsaturated/α-hetero) is 1. The second kappa shape index (κ2) is 9.51. The number of rotatable bonds is 7. The summed E-state index contributed by atoms with van der Waals surface area (Å²) in [6.45, 7) is 5.77. The highest BCUT2D eigenvalue weighted by Gasteiger charge is 2.25. The number of carbonyl (C=O) groups is 2. The van der Waals surface area contributed by atoms with E-state index in [-0.39, 0.29) is 23.8 Å². The molecule has 0 radical (unpaired) electrons. The molecule has 1 aromatic carbocycles. The summed E-state index contributed by atoms with van der Waals surface area (Å²) in [7, 11) is 0.